The van der Waals surface area contributed by atoms with Gasteiger partial charge >= 0.3 is 0 Å². The summed E-state index contributed by atoms with van der Waals surface area (Å²) < 4.78 is 25.5. The average molecular weight is 430 g/mol. The Morgan fingerprint density at radius 2 is 2.03 bits per heavy atom. The molecule has 0 saturated carbocycles. The highest BCUT2D eigenvalue weighted by atomic mass is 32.2. The molecule has 29 heavy (non-hydrogen) atoms. The van der Waals surface area contributed by atoms with Gasteiger partial charge in [-0.05, 0) is 49.7 Å². The van der Waals surface area contributed by atoms with E-state index in [2.05, 4.69) is 4.98 Å². The maximum atomic E-state index is 12.9. The van der Waals surface area contributed by atoms with Crippen LogP contribution >= 0.6 is 11.8 Å². The van der Waals surface area contributed by atoms with Crippen molar-refractivity contribution in [3.05, 3.63) is 66.1 Å². The van der Waals surface area contributed by atoms with Gasteiger partial charge in [0.1, 0.15) is 5.65 Å². The SMILES string of the molecule is CCN(C(=O)c1ccc(SCc2cn3ccccc3n2)cc1)C1CCS(=O)(=O)C1. The monoisotopic (exact) mass is 429 g/mol. The number of nitrogens with zero attached hydrogens (tertiary/aromatic N) is 3. The van der Waals surface area contributed by atoms with E-state index >= 15 is 0 Å². The van der Waals surface area contributed by atoms with Gasteiger partial charge in [0.2, 0.25) is 0 Å². The molecular weight excluding hydrogens is 406 g/mol. The highest BCUT2D eigenvalue weighted by Crippen LogP contribution is 2.25. The van der Waals surface area contributed by atoms with Gasteiger partial charge in [-0.25, -0.2) is 13.4 Å². The van der Waals surface area contributed by atoms with Crippen molar-refractivity contribution in [3.63, 3.8) is 0 Å². The van der Waals surface area contributed by atoms with Crippen molar-refractivity contribution in [3.8, 4) is 0 Å². The molecule has 152 valence electrons. The van der Waals surface area contributed by atoms with Crippen molar-refractivity contribution in [1.29, 1.82) is 0 Å². The highest BCUT2D eigenvalue weighted by molar-refractivity contribution is 7.98. The Morgan fingerprint density at radius 1 is 1.24 bits per heavy atom. The molecule has 1 aromatic carbocycles. The number of benzene rings is 1. The molecule has 1 aliphatic heterocycles. The van der Waals surface area contributed by atoms with Crippen molar-refractivity contribution in [1.82, 2.24) is 14.3 Å². The zero-order valence-electron chi connectivity index (χ0n) is 16.2. The molecular formula is C21H23N3O3S2. The molecule has 1 saturated heterocycles. The molecule has 1 fully saturated rings. The predicted octanol–water partition coefficient (Wildman–Crippen LogP) is 3.28. The van der Waals surface area contributed by atoms with E-state index in [1.165, 1.54) is 0 Å². The number of hydrogen-bond donors (Lipinski definition) is 0. The Bertz CT molecular complexity index is 1090. The number of carbonyl (C=O) groups excluding carboxylic acids is 1. The van der Waals surface area contributed by atoms with Gasteiger partial charge in [0.15, 0.2) is 9.84 Å². The highest BCUT2D eigenvalue weighted by Gasteiger charge is 2.34. The maximum absolute atomic E-state index is 12.9. The minimum absolute atomic E-state index is 0.0690. The topological polar surface area (TPSA) is 71.8 Å². The fourth-order valence-electron chi connectivity index (χ4n) is 3.66. The van der Waals surface area contributed by atoms with Crippen LogP contribution in [0.4, 0.5) is 0 Å². The minimum Gasteiger partial charge on any atom is -0.335 e. The molecule has 2 aromatic heterocycles. The summed E-state index contributed by atoms with van der Waals surface area (Å²) in [6.07, 6.45) is 4.52. The van der Waals surface area contributed by atoms with Gasteiger partial charge in [-0.1, -0.05) is 6.07 Å². The molecule has 6 nitrogen and oxygen atoms in total. The smallest absolute Gasteiger partial charge is 0.254 e. The van der Waals surface area contributed by atoms with Gasteiger partial charge in [-0.15, -0.1) is 11.8 Å². The zero-order valence-corrected chi connectivity index (χ0v) is 17.8. The standard InChI is InChI=1S/C21H23N3O3S2/c1-2-24(18-10-12-29(26,27)15-18)21(25)16-6-8-19(9-7-16)28-14-17-13-23-11-4-3-5-20(23)22-17/h3-9,11,13,18H,2,10,12,14-15H2,1H3. The molecule has 1 aliphatic rings. The first-order valence-electron chi connectivity index (χ1n) is 9.62. The van der Waals surface area contributed by atoms with Gasteiger partial charge < -0.3 is 9.30 Å². The van der Waals surface area contributed by atoms with Crippen molar-refractivity contribution < 1.29 is 13.2 Å². The summed E-state index contributed by atoms with van der Waals surface area (Å²) in [5.74, 6) is 0.877. The molecule has 0 N–H and O–H groups in total. The van der Waals surface area contributed by atoms with Crippen LogP contribution in [0.1, 0.15) is 29.4 Å². The van der Waals surface area contributed by atoms with E-state index in [1.54, 1.807) is 16.7 Å². The van der Waals surface area contributed by atoms with Gasteiger partial charge in [0.25, 0.3) is 5.91 Å². The van der Waals surface area contributed by atoms with E-state index in [4.69, 9.17) is 0 Å². The fourth-order valence-corrected chi connectivity index (χ4v) is 6.18. The quantitative estimate of drug-likeness (QED) is 0.563. The Kier molecular flexibility index (Phi) is 5.65. The summed E-state index contributed by atoms with van der Waals surface area (Å²) in [7, 11) is -3.02. The van der Waals surface area contributed by atoms with E-state index in [1.807, 2.05) is 66.2 Å². The number of rotatable bonds is 6. The van der Waals surface area contributed by atoms with Gasteiger partial charge in [0.05, 0.1) is 17.2 Å². The largest absolute Gasteiger partial charge is 0.335 e. The third-order valence-electron chi connectivity index (χ3n) is 5.15. The van der Waals surface area contributed by atoms with Gasteiger partial charge in [-0.2, -0.15) is 0 Å². The normalized spacial score (nSPS) is 18.2. The van der Waals surface area contributed by atoms with Crippen molar-refractivity contribution >= 4 is 33.2 Å². The number of carbonyl (C=O) groups is 1. The summed E-state index contributed by atoms with van der Waals surface area (Å²) in [6.45, 7) is 2.39. The number of amides is 1. The number of hydrogen-bond acceptors (Lipinski definition) is 5. The number of thioether (sulfide) groups is 1. The van der Waals surface area contributed by atoms with Crippen LogP contribution in [-0.2, 0) is 15.6 Å². The second-order valence-electron chi connectivity index (χ2n) is 7.16. The van der Waals surface area contributed by atoms with Crippen LogP contribution in [0.5, 0.6) is 0 Å². The number of aromatic nitrogens is 2. The van der Waals surface area contributed by atoms with E-state index in [9.17, 15) is 13.2 Å². The lowest BCUT2D eigenvalue weighted by molar-refractivity contribution is 0.0708. The average Bonchev–Trinajstić information content (AvgIpc) is 3.29. The summed E-state index contributed by atoms with van der Waals surface area (Å²) in [6, 6.07) is 13.2. The summed E-state index contributed by atoms with van der Waals surface area (Å²) in [5.41, 5.74) is 2.52. The lowest BCUT2D eigenvalue weighted by Crippen LogP contribution is -2.40. The molecule has 0 spiro atoms. The Hall–Kier alpha value is -2.32. The summed E-state index contributed by atoms with van der Waals surface area (Å²) >= 11 is 1.67. The first kappa shape index (κ1) is 20.0. The van der Waals surface area contributed by atoms with Crippen LogP contribution in [0.25, 0.3) is 5.65 Å². The maximum Gasteiger partial charge on any atom is 0.254 e. The van der Waals surface area contributed by atoms with Crippen LogP contribution < -0.4 is 0 Å². The van der Waals surface area contributed by atoms with E-state index < -0.39 is 9.84 Å². The second kappa shape index (κ2) is 8.20. The molecule has 0 bridgehead atoms. The third kappa shape index (κ3) is 4.48. The Labute approximate surface area is 174 Å². The molecule has 1 unspecified atom stereocenters. The first-order valence-corrected chi connectivity index (χ1v) is 12.4. The Balaban J connectivity index is 1.40. The van der Waals surface area contributed by atoms with Crippen LogP contribution in [0, 0.1) is 0 Å². The molecule has 8 heteroatoms. The summed E-state index contributed by atoms with van der Waals surface area (Å²) in [4.78, 5) is 20.2. The van der Waals surface area contributed by atoms with Crippen LogP contribution in [0.3, 0.4) is 0 Å². The van der Waals surface area contributed by atoms with E-state index in [-0.39, 0.29) is 23.5 Å². The number of pyridine rings is 1. The molecule has 0 aliphatic carbocycles. The minimum atomic E-state index is -3.02. The molecule has 3 heterocycles. The lowest BCUT2D eigenvalue weighted by atomic mass is 10.1. The second-order valence-corrected chi connectivity index (χ2v) is 10.4. The van der Waals surface area contributed by atoms with Crippen molar-refractivity contribution in [2.24, 2.45) is 0 Å². The van der Waals surface area contributed by atoms with Crippen molar-refractivity contribution in [2.45, 2.75) is 30.0 Å². The zero-order chi connectivity index (χ0) is 20.4. The predicted molar refractivity (Wildman–Crippen MR) is 115 cm³/mol. The molecule has 4 rings (SSSR count). The van der Waals surface area contributed by atoms with Crippen LogP contribution in [0.2, 0.25) is 0 Å². The van der Waals surface area contributed by atoms with Crippen LogP contribution in [-0.4, -0.2) is 52.7 Å². The van der Waals surface area contributed by atoms with E-state index in [0.29, 0.717) is 18.5 Å². The molecule has 0 radical (unpaired) electrons. The van der Waals surface area contributed by atoms with Gasteiger partial charge in [-0.3, -0.25) is 4.79 Å². The number of fused-ring (bicyclic) bond motifs is 1. The fraction of sp³-hybridized carbons (Fsp3) is 0.333. The molecule has 3 aromatic rings. The summed E-state index contributed by atoms with van der Waals surface area (Å²) in [5, 5.41) is 0. The lowest BCUT2D eigenvalue weighted by Gasteiger charge is -2.27. The molecule has 1 atom stereocenters. The van der Waals surface area contributed by atoms with Crippen molar-refractivity contribution in [2.75, 3.05) is 18.1 Å². The van der Waals surface area contributed by atoms with Crippen LogP contribution in [0.15, 0.2) is 59.8 Å². The Morgan fingerprint density at radius 3 is 2.69 bits per heavy atom. The third-order valence-corrected chi connectivity index (χ3v) is 7.95. The number of sulfone groups is 1. The molecule has 1 amide bonds. The number of imidazole rings is 1. The van der Waals surface area contributed by atoms with E-state index in [0.717, 1.165) is 22.0 Å². The first-order chi connectivity index (χ1) is 13.9. The van der Waals surface area contributed by atoms with Gasteiger partial charge in [0, 0.05) is 41.2 Å².